The summed E-state index contributed by atoms with van der Waals surface area (Å²) in [4.78, 5) is 10.9. The van der Waals surface area contributed by atoms with E-state index in [1.807, 2.05) is 12.1 Å². The fourth-order valence-corrected chi connectivity index (χ4v) is 4.09. The number of carbonyl (C=O) groups excluding carboxylic acids is 1. The van der Waals surface area contributed by atoms with Crippen molar-refractivity contribution in [1.29, 1.82) is 0 Å². The Morgan fingerprint density at radius 2 is 1.63 bits per heavy atom. The molecule has 0 radical (unpaired) electrons. The SMILES string of the molecule is O=CC1CCC2CC(c3ccc(F)cc3)CCC2C1. The molecule has 2 fully saturated rings. The molecule has 1 aromatic rings. The van der Waals surface area contributed by atoms with Crippen LogP contribution in [0.15, 0.2) is 24.3 Å². The lowest BCUT2D eigenvalue weighted by molar-refractivity contribution is -0.113. The van der Waals surface area contributed by atoms with Gasteiger partial charge in [-0.1, -0.05) is 12.1 Å². The maximum absolute atomic E-state index is 13.0. The van der Waals surface area contributed by atoms with Gasteiger partial charge in [0.15, 0.2) is 0 Å². The first-order valence-electron chi connectivity index (χ1n) is 7.47. The topological polar surface area (TPSA) is 17.1 Å². The molecular weight excluding hydrogens is 239 g/mol. The van der Waals surface area contributed by atoms with Crippen LogP contribution in [-0.2, 0) is 4.79 Å². The zero-order chi connectivity index (χ0) is 13.2. The van der Waals surface area contributed by atoms with Crippen LogP contribution in [0.5, 0.6) is 0 Å². The molecule has 0 amide bonds. The van der Waals surface area contributed by atoms with Gasteiger partial charge in [-0.05, 0) is 74.0 Å². The van der Waals surface area contributed by atoms with Crippen LogP contribution >= 0.6 is 0 Å². The molecular formula is C17H21FO. The van der Waals surface area contributed by atoms with Crippen LogP contribution in [0.2, 0.25) is 0 Å². The molecule has 0 N–H and O–H groups in total. The minimum absolute atomic E-state index is 0.149. The summed E-state index contributed by atoms with van der Waals surface area (Å²) in [6.07, 6.45) is 8.18. The molecule has 0 spiro atoms. The fraction of sp³-hybridized carbons (Fsp3) is 0.588. The standard InChI is InChI=1S/C17H21FO/c18-17-7-5-13(6-8-17)15-4-3-14-9-12(11-19)1-2-16(14)10-15/h5-8,11-12,14-16H,1-4,9-10H2. The Morgan fingerprint density at radius 1 is 0.947 bits per heavy atom. The van der Waals surface area contributed by atoms with Crippen molar-refractivity contribution >= 4 is 6.29 Å². The molecule has 2 saturated carbocycles. The lowest BCUT2D eigenvalue weighted by Crippen LogP contribution is -2.30. The summed E-state index contributed by atoms with van der Waals surface area (Å²) in [6.45, 7) is 0. The first-order chi connectivity index (χ1) is 9.26. The third-order valence-corrected chi connectivity index (χ3v) is 5.19. The van der Waals surface area contributed by atoms with Gasteiger partial charge in [-0.2, -0.15) is 0 Å². The summed E-state index contributed by atoms with van der Waals surface area (Å²) in [5.74, 6) is 2.28. The number of halogens is 1. The van der Waals surface area contributed by atoms with Crippen molar-refractivity contribution < 1.29 is 9.18 Å². The molecule has 1 nitrogen and oxygen atoms in total. The number of rotatable bonds is 2. The summed E-state index contributed by atoms with van der Waals surface area (Å²) >= 11 is 0. The molecule has 0 aromatic heterocycles. The first kappa shape index (κ1) is 12.8. The van der Waals surface area contributed by atoms with Gasteiger partial charge >= 0.3 is 0 Å². The first-order valence-corrected chi connectivity index (χ1v) is 7.47. The van der Waals surface area contributed by atoms with E-state index >= 15 is 0 Å². The Morgan fingerprint density at radius 3 is 2.37 bits per heavy atom. The average molecular weight is 260 g/mol. The minimum atomic E-state index is -0.149. The van der Waals surface area contributed by atoms with E-state index < -0.39 is 0 Å². The van der Waals surface area contributed by atoms with Crippen molar-refractivity contribution in [1.82, 2.24) is 0 Å². The van der Waals surface area contributed by atoms with Crippen LogP contribution in [0.25, 0.3) is 0 Å². The van der Waals surface area contributed by atoms with Crippen LogP contribution in [0, 0.1) is 23.6 Å². The third kappa shape index (κ3) is 2.72. The lowest BCUT2D eigenvalue weighted by Gasteiger charge is -2.41. The molecule has 19 heavy (non-hydrogen) atoms. The number of hydrogen-bond acceptors (Lipinski definition) is 1. The van der Waals surface area contributed by atoms with Crippen LogP contribution in [-0.4, -0.2) is 6.29 Å². The van der Waals surface area contributed by atoms with Gasteiger partial charge in [0, 0.05) is 5.92 Å². The summed E-state index contributed by atoms with van der Waals surface area (Å²) < 4.78 is 13.0. The molecule has 102 valence electrons. The number of fused-ring (bicyclic) bond motifs is 1. The van der Waals surface area contributed by atoms with Gasteiger partial charge in [-0.25, -0.2) is 4.39 Å². The van der Waals surface area contributed by atoms with E-state index in [0.717, 1.165) is 31.0 Å². The molecule has 4 atom stereocenters. The molecule has 1 aromatic carbocycles. The average Bonchev–Trinajstić information content (AvgIpc) is 2.47. The van der Waals surface area contributed by atoms with Crippen molar-refractivity contribution in [2.75, 3.05) is 0 Å². The van der Waals surface area contributed by atoms with Gasteiger partial charge in [0.05, 0.1) is 0 Å². The quantitative estimate of drug-likeness (QED) is 0.723. The molecule has 0 saturated heterocycles. The van der Waals surface area contributed by atoms with Crippen LogP contribution in [0.4, 0.5) is 4.39 Å². The second-order valence-corrected chi connectivity index (χ2v) is 6.29. The number of benzene rings is 1. The van der Waals surface area contributed by atoms with Crippen LogP contribution in [0.3, 0.4) is 0 Å². The predicted octanol–water partition coefficient (Wildman–Crippen LogP) is 4.32. The fourth-order valence-electron chi connectivity index (χ4n) is 4.09. The number of aldehydes is 1. The lowest BCUT2D eigenvalue weighted by atomic mass is 9.64. The third-order valence-electron chi connectivity index (χ3n) is 5.19. The van der Waals surface area contributed by atoms with Crippen molar-refractivity contribution in [3.8, 4) is 0 Å². The van der Waals surface area contributed by atoms with E-state index in [1.54, 1.807) is 12.1 Å². The molecule has 4 unspecified atom stereocenters. The monoisotopic (exact) mass is 260 g/mol. The Balaban J connectivity index is 1.66. The maximum Gasteiger partial charge on any atom is 0.123 e. The van der Waals surface area contributed by atoms with Gasteiger partial charge < -0.3 is 4.79 Å². The van der Waals surface area contributed by atoms with Gasteiger partial charge in [0.1, 0.15) is 12.1 Å². The smallest absolute Gasteiger partial charge is 0.123 e. The Bertz CT molecular complexity index is 439. The van der Waals surface area contributed by atoms with Gasteiger partial charge in [0.2, 0.25) is 0 Å². The van der Waals surface area contributed by atoms with Crippen LogP contribution < -0.4 is 0 Å². The van der Waals surface area contributed by atoms with E-state index in [-0.39, 0.29) is 5.82 Å². The van der Waals surface area contributed by atoms with Crippen molar-refractivity contribution in [2.45, 2.75) is 44.4 Å². The van der Waals surface area contributed by atoms with Crippen molar-refractivity contribution in [3.05, 3.63) is 35.6 Å². The summed E-state index contributed by atoms with van der Waals surface area (Å²) in [5.41, 5.74) is 1.29. The second kappa shape index (κ2) is 5.44. The van der Waals surface area contributed by atoms with E-state index in [4.69, 9.17) is 0 Å². The van der Waals surface area contributed by atoms with E-state index in [0.29, 0.717) is 11.8 Å². The number of hydrogen-bond donors (Lipinski definition) is 0. The van der Waals surface area contributed by atoms with Gasteiger partial charge in [0.25, 0.3) is 0 Å². The Hall–Kier alpha value is -1.18. The summed E-state index contributed by atoms with van der Waals surface area (Å²) in [7, 11) is 0. The Kier molecular flexibility index (Phi) is 3.67. The molecule has 0 bridgehead atoms. The predicted molar refractivity (Wildman–Crippen MR) is 73.4 cm³/mol. The molecule has 0 aliphatic heterocycles. The zero-order valence-corrected chi connectivity index (χ0v) is 11.2. The minimum Gasteiger partial charge on any atom is -0.303 e. The van der Waals surface area contributed by atoms with Gasteiger partial charge in [-0.3, -0.25) is 0 Å². The normalized spacial score (nSPS) is 34.6. The molecule has 2 aliphatic carbocycles. The largest absolute Gasteiger partial charge is 0.303 e. The zero-order valence-electron chi connectivity index (χ0n) is 11.2. The highest BCUT2D eigenvalue weighted by molar-refractivity contribution is 5.53. The molecule has 3 rings (SSSR count). The van der Waals surface area contributed by atoms with E-state index in [1.165, 1.54) is 31.2 Å². The highest BCUT2D eigenvalue weighted by Crippen LogP contribution is 2.47. The summed E-state index contributed by atoms with van der Waals surface area (Å²) in [5, 5.41) is 0. The molecule has 0 heterocycles. The van der Waals surface area contributed by atoms with E-state index in [2.05, 4.69) is 0 Å². The molecule has 2 heteroatoms. The molecule has 2 aliphatic rings. The van der Waals surface area contributed by atoms with Crippen molar-refractivity contribution in [3.63, 3.8) is 0 Å². The van der Waals surface area contributed by atoms with Gasteiger partial charge in [-0.15, -0.1) is 0 Å². The van der Waals surface area contributed by atoms with Crippen LogP contribution in [0.1, 0.15) is 50.0 Å². The maximum atomic E-state index is 13.0. The number of carbonyl (C=O) groups is 1. The Labute approximate surface area is 114 Å². The highest BCUT2D eigenvalue weighted by Gasteiger charge is 2.35. The summed E-state index contributed by atoms with van der Waals surface area (Å²) in [6, 6.07) is 7.03. The van der Waals surface area contributed by atoms with E-state index in [9.17, 15) is 9.18 Å². The second-order valence-electron chi connectivity index (χ2n) is 6.29. The highest BCUT2D eigenvalue weighted by atomic mass is 19.1. The van der Waals surface area contributed by atoms with Crippen molar-refractivity contribution in [2.24, 2.45) is 17.8 Å².